The van der Waals surface area contributed by atoms with Crippen LogP contribution < -0.4 is 5.56 Å². The molecule has 0 unspecified atom stereocenters. The lowest BCUT2D eigenvalue weighted by atomic mass is 10.2. The van der Waals surface area contributed by atoms with Crippen LogP contribution in [0.4, 0.5) is 0 Å². The predicted octanol–water partition coefficient (Wildman–Crippen LogP) is 1.37. The van der Waals surface area contributed by atoms with Gasteiger partial charge in [0, 0.05) is 24.4 Å². The van der Waals surface area contributed by atoms with E-state index in [1.807, 2.05) is 4.57 Å². The molecule has 1 aliphatic heterocycles. The second-order valence-corrected chi connectivity index (χ2v) is 3.22. The summed E-state index contributed by atoms with van der Waals surface area (Å²) in [6.45, 7) is 0.880. The second kappa shape index (κ2) is 3.13. The molecule has 0 atom stereocenters. The van der Waals surface area contributed by atoms with Gasteiger partial charge < -0.3 is 4.57 Å². The molecule has 1 aromatic rings. The van der Waals surface area contributed by atoms with Crippen molar-refractivity contribution in [1.82, 2.24) is 4.57 Å². The van der Waals surface area contributed by atoms with Gasteiger partial charge in [0.05, 0.1) is 0 Å². The van der Waals surface area contributed by atoms with E-state index in [2.05, 4.69) is 6.07 Å². The Morgan fingerprint density at radius 3 is 3.17 bits per heavy atom. The van der Waals surface area contributed by atoms with Gasteiger partial charge in [0.2, 0.25) is 0 Å². The monoisotopic (exact) mass is 162 g/mol. The molecule has 0 spiro atoms. The first-order valence-electron chi connectivity index (χ1n) is 4.48. The van der Waals surface area contributed by atoms with E-state index < -0.39 is 0 Å². The Hall–Kier alpha value is -1.05. The van der Waals surface area contributed by atoms with E-state index in [4.69, 9.17) is 0 Å². The van der Waals surface area contributed by atoms with Crippen LogP contribution in [0, 0.1) is 6.07 Å². The van der Waals surface area contributed by atoms with Crippen LogP contribution in [-0.2, 0) is 13.0 Å². The number of hydrogen-bond donors (Lipinski definition) is 0. The fraction of sp³-hybridized carbons (Fsp3) is 0.500. The Balaban J connectivity index is 2.49. The maximum atomic E-state index is 11.4. The van der Waals surface area contributed by atoms with Crippen LogP contribution in [0.15, 0.2) is 16.9 Å². The lowest BCUT2D eigenvalue weighted by molar-refractivity contribution is 0.617. The Morgan fingerprint density at radius 1 is 1.33 bits per heavy atom. The van der Waals surface area contributed by atoms with E-state index in [1.165, 1.54) is 12.8 Å². The molecule has 63 valence electrons. The summed E-state index contributed by atoms with van der Waals surface area (Å²) in [5.41, 5.74) is 1.21. The normalized spacial score (nSPS) is 16.7. The molecule has 0 amide bonds. The maximum Gasteiger partial charge on any atom is 0.250 e. The quantitative estimate of drug-likeness (QED) is 0.564. The van der Waals surface area contributed by atoms with Crippen molar-refractivity contribution >= 4 is 0 Å². The highest BCUT2D eigenvalue weighted by molar-refractivity contribution is 5.05. The molecule has 0 fully saturated rings. The van der Waals surface area contributed by atoms with Gasteiger partial charge in [-0.15, -0.1) is 0 Å². The molecule has 1 aliphatic rings. The fourth-order valence-electron chi connectivity index (χ4n) is 1.70. The van der Waals surface area contributed by atoms with Crippen molar-refractivity contribution in [1.29, 1.82) is 0 Å². The smallest absolute Gasteiger partial charge is 0.250 e. The number of fused-ring (bicyclic) bond motifs is 1. The first-order chi connectivity index (χ1) is 5.88. The third-order valence-electron chi connectivity index (χ3n) is 2.36. The minimum atomic E-state index is 0.130. The van der Waals surface area contributed by atoms with Crippen molar-refractivity contribution in [2.24, 2.45) is 0 Å². The number of rotatable bonds is 0. The van der Waals surface area contributed by atoms with E-state index in [9.17, 15) is 4.79 Å². The van der Waals surface area contributed by atoms with E-state index in [1.54, 1.807) is 12.1 Å². The third-order valence-corrected chi connectivity index (χ3v) is 2.36. The summed E-state index contributed by atoms with van der Waals surface area (Å²) in [6, 6.07) is 6.46. The van der Waals surface area contributed by atoms with Gasteiger partial charge in [-0.3, -0.25) is 4.79 Å². The highest BCUT2D eigenvalue weighted by Gasteiger charge is 2.06. The van der Waals surface area contributed by atoms with Crippen LogP contribution >= 0.6 is 0 Å². The SMILES string of the molecule is O=c1cc[c]c2n1CCCCC2. The Labute approximate surface area is 71.8 Å². The van der Waals surface area contributed by atoms with E-state index >= 15 is 0 Å². The van der Waals surface area contributed by atoms with Gasteiger partial charge in [-0.05, 0) is 25.3 Å². The molecular weight excluding hydrogens is 150 g/mol. The summed E-state index contributed by atoms with van der Waals surface area (Å²) < 4.78 is 1.85. The molecule has 2 heteroatoms. The largest absolute Gasteiger partial charge is 0.312 e. The lowest BCUT2D eigenvalue weighted by Gasteiger charge is -2.06. The van der Waals surface area contributed by atoms with Crippen LogP contribution in [-0.4, -0.2) is 4.57 Å². The van der Waals surface area contributed by atoms with Crippen molar-refractivity contribution in [3.05, 3.63) is 34.2 Å². The summed E-state index contributed by atoms with van der Waals surface area (Å²) >= 11 is 0. The van der Waals surface area contributed by atoms with E-state index in [0.717, 1.165) is 25.1 Å². The molecule has 1 aromatic heterocycles. The average Bonchev–Trinajstić information content (AvgIpc) is 2.30. The first-order valence-corrected chi connectivity index (χ1v) is 4.48. The molecule has 2 nitrogen and oxygen atoms in total. The van der Waals surface area contributed by atoms with Gasteiger partial charge in [0.25, 0.3) is 5.56 Å². The predicted molar refractivity (Wildman–Crippen MR) is 47.1 cm³/mol. The maximum absolute atomic E-state index is 11.4. The van der Waals surface area contributed by atoms with E-state index in [-0.39, 0.29) is 5.56 Å². The van der Waals surface area contributed by atoms with Crippen LogP contribution in [0.25, 0.3) is 0 Å². The molecule has 12 heavy (non-hydrogen) atoms. The zero-order chi connectivity index (χ0) is 8.39. The molecule has 2 heterocycles. The fourth-order valence-corrected chi connectivity index (χ4v) is 1.70. The number of hydrogen-bond acceptors (Lipinski definition) is 1. The van der Waals surface area contributed by atoms with Crippen molar-refractivity contribution in [3.63, 3.8) is 0 Å². The van der Waals surface area contributed by atoms with Crippen LogP contribution in [0.5, 0.6) is 0 Å². The number of nitrogens with zero attached hydrogens (tertiary/aromatic N) is 1. The van der Waals surface area contributed by atoms with Crippen molar-refractivity contribution in [2.75, 3.05) is 0 Å². The molecule has 0 saturated heterocycles. The van der Waals surface area contributed by atoms with Crippen LogP contribution in [0.1, 0.15) is 25.0 Å². The minimum Gasteiger partial charge on any atom is -0.312 e. The molecule has 0 saturated carbocycles. The molecule has 2 rings (SSSR count). The standard InChI is InChI=1S/C10H12NO/c12-10-7-4-6-9-5-2-1-3-8-11(9)10/h4,7H,1-3,5,8H2. The van der Waals surface area contributed by atoms with Crippen LogP contribution in [0.3, 0.4) is 0 Å². The van der Waals surface area contributed by atoms with Gasteiger partial charge >= 0.3 is 0 Å². The van der Waals surface area contributed by atoms with Crippen molar-refractivity contribution in [2.45, 2.75) is 32.2 Å². The summed E-state index contributed by atoms with van der Waals surface area (Å²) in [5, 5.41) is 0. The average molecular weight is 162 g/mol. The zero-order valence-electron chi connectivity index (χ0n) is 7.05. The Kier molecular flexibility index (Phi) is 1.98. The summed E-state index contributed by atoms with van der Waals surface area (Å²) in [4.78, 5) is 11.4. The van der Waals surface area contributed by atoms with E-state index in [0.29, 0.717) is 0 Å². The highest BCUT2D eigenvalue weighted by Crippen LogP contribution is 2.10. The molecule has 0 aliphatic carbocycles. The molecular formula is C10H12NO. The molecule has 0 N–H and O–H groups in total. The Bertz CT molecular complexity index is 327. The number of aryl methyl sites for hydroxylation is 1. The van der Waals surface area contributed by atoms with Gasteiger partial charge in [-0.25, -0.2) is 0 Å². The van der Waals surface area contributed by atoms with Gasteiger partial charge in [-0.1, -0.05) is 6.42 Å². The third kappa shape index (κ3) is 1.29. The molecule has 0 bridgehead atoms. The summed E-state index contributed by atoms with van der Waals surface area (Å²) in [6.07, 6.45) is 4.57. The lowest BCUT2D eigenvalue weighted by Crippen LogP contribution is -2.21. The first kappa shape index (κ1) is 7.59. The number of aromatic nitrogens is 1. The van der Waals surface area contributed by atoms with Crippen LogP contribution in [0.2, 0.25) is 0 Å². The minimum absolute atomic E-state index is 0.130. The summed E-state index contributed by atoms with van der Waals surface area (Å²) in [5.74, 6) is 0. The molecule has 1 radical (unpaired) electrons. The van der Waals surface area contributed by atoms with Crippen molar-refractivity contribution in [3.8, 4) is 0 Å². The zero-order valence-corrected chi connectivity index (χ0v) is 7.05. The van der Waals surface area contributed by atoms with Gasteiger partial charge in [0.1, 0.15) is 0 Å². The Morgan fingerprint density at radius 2 is 2.25 bits per heavy atom. The molecule has 0 aromatic carbocycles. The highest BCUT2D eigenvalue weighted by atomic mass is 16.1. The van der Waals surface area contributed by atoms with Gasteiger partial charge in [-0.2, -0.15) is 0 Å². The van der Waals surface area contributed by atoms with Crippen molar-refractivity contribution < 1.29 is 0 Å². The second-order valence-electron chi connectivity index (χ2n) is 3.22. The van der Waals surface area contributed by atoms with Gasteiger partial charge in [0.15, 0.2) is 0 Å². The summed E-state index contributed by atoms with van der Waals surface area (Å²) in [7, 11) is 0. The topological polar surface area (TPSA) is 22.0 Å². The number of pyridine rings is 1.